The molecular formula is C19H15N3O5. The van der Waals surface area contributed by atoms with Gasteiger partial charge in [-0.25, -0.2) is 4.79 Å². The van der Waals surface area contributed by atoms with Gasteiger partial charge >= 0.3 is 5.97 Å². The number of nitrogens with zero attached hydrogens (tertiary/aromatic N) is 3. The van der Waals surface area contributed by atoms with Crippen LogP contribution in [0.2, 0.25) is 0 Å². The highest BCUT2D eigenvalue weighted by atomic mass is 16.6. The molecule has 0 aliphatic carbocycles. The van der Waals surface area contributed by atoms with Crippen LogP contribution in [0.5, 0.6) is 0 Å². The average Bonchev–Trinajstić information content (AvgIpc) is 3.18. The number of esters is 1. The Labute approximate surface area is 154 Å². The fourth-order valence-electron chi connectivity index (χ4n) is 2.23. The van der Waals surface area contributed by atoms with E-state index in [1.54, 1.807) is 6.92 Å². The van der Waals surface area contributed by atoms with E-state index in [9.17, 15) is 14.9 Å². The molecule has 0 saturated carbocycles. The van der Waals surface area contributed by atoms with Crippen LogP contribution in [0.4, 0.5) is 5.69 Å². The molecule has 8 heteroatoms. The van der Waals surface area contributed by atoms with Gasteiger partial charge in [-0.05, 0) is 42.8 Å². The topological polar surface area (TPSA) is 108 Å². The van der Waals surface area contributed by atoms with Crippen molar-refractivity contribution in [3.8, 4) is 11.5 Å². The smallest absolute Gasteiger partial charge is 0.331 e. The lowest BCUT2D eigenvalue weighted by Gasteiger charge is -2.06. The summed E-state index contributed by atoms with van der Waals surface area (Å²) in [6, 6.07) is 15.0. The Hall–Kier alpha value is -3.81. The minimum atomic E-state index is -0.719. The van der Waals surface area contributed by atoms with E-state index in [0.29, 0.717) is 11.5 Å². The molecule has 1 atom stereocenters. The third kappa shape index (κ3) is 4.63. The zero-order chi connectivity index (χ0) is 19.2. The number of aromatic nitrogens is 2. The third-order valence-corrected chi connectivity index (χ3v) is 3.62. The molecule has 0 radical (unpaired) electrons. The Kier molecular flexibility index (Phi) is 5.36. The minimum absolute atomic E-state index is 0.0195. The van der Waals surface area contributed by atoms with Crippen molar-refractivity contribution in [1.82, 2.24) is 10.2 Å². The molecule has 0 unspecified atom stereocenters. The van der Waals surface area contributed by atoms with Crippen LogP contribution >= 0.6 is 0 Å². The third-order valence-electron chi connectivity index (χ3n) is 3.62. The van der Waals surface area contributed by atoms with Crippen molar-refractivity contribution in [2.24, 2.45) is 0 Å². The molecule has 0 N–H and O–H groups in total. The molecule has 1 heterocycles. The van der Waals surface area contributed by atoms with Gasteiger partial charge in [-0.2, -0.15) is 0 Å². The highest BCUT2D eigenvalue weighted by molar-refractivity contribution is 5.87. The van der Waals surface area contributed by atoms with E-state index < -0.39 is 17.0 Å². The van der Waals surface area contributed by atoms with Crippen molar-refractivity contribution in [2.75, 3.05) is 0 Å². The fraction of sp³-hybridized carbons (Fsp3) is 0.105. The van der Waals surface area contributed by atoms with Gasteiger partial charge in [-0.15, -0.1) is 10.2 Å². The molecule has 0 aliphatic rings. The van der Waals surface area contributed by atoms with E-state index in [0.717, 1.165) is 5.56 Å². The predicted octanol–water partition coefficient (Wildman–Crippen LogP) is 3.96. The number of hydrogen-bond donors (Lipinski definition) is 0. The van der Waals surface area contributed by atoms with E-state index in [1.807, 2.05) is 30.3 Å². The lowest BCUT2D eigenvalue weighted by Crippen LogP contribution is -2.06. The summed E-state index contributed by atoms with van der Waals surface area (Å²) in [5.74, 6) is -0.0684. The lowest BCUT2D eigenvalue weighted by molar-refractivity contribution is -0.384. The first kappa shape index (κ1) is 18.0. The van der Waals surface area contributed by atoms with E-state index in [-0.39, 0.29) is 11.6 Å². The predicted molar refractivity (Wildman–Crippen MR) is 96.4 cm³/mol. The second kappa shape index (κ2) is 8.05. The normalized spacial score (nSPS) is 12.0. The Morgan fingerprint density at radius 1 is 1.15 bits per heavy atom. The number of nitro groups is 1. The van der Waals surface area contributed by atoms with Crippen molar-refractivity contribution in [3.63, 3.8) is 0 Å². The second-order valence-electron chi connectivity index (χ2n) is 5.57. The Morgan fingerprint density at radius 2 is 1.85 bits per heavy atom. The monoisotopic (exact) mass is 365 g/mol. The van der Waals surface area contributed by atoms with Crippen LogP contribution in [0.3, 0.4) is 0 Å². The van der Waals surface area contributed by atoms with Gasteiger partial charge in [0, 0.05) is 23.8 Å². The SMILES string of the molecule is C[C@@H](OC(=O)/C=C/c1ccc([N+](=O)[O-])cc1)c1nnc(-c2ccccc2)o1. The highest BCUT2D eigenvalue weighted by Gasteiger charge is 2.18. The summed E-state index contributed by atoms with van der Waals surface area (Å²) in [6.07, 6.45) is 2.01. The first-order valence-electron chi connectivity index (χ1n) is 8.05. The summed E-state index contributed by atoms with van der Waals surface area (Å²) in [5.41, 5.74) is 1.39. The van der Waals surface area contributed by atoms with E-state index in [1.165, 1.54) is 36.4 Å². The van der Waals surface area contributed by atoms with Crippen LogP contribution in [0, 0.1) is 10.1 Å². The van der Waals surface area contributed by atoms with Gasteiger partial charge in [0.15, 0.2) is 6.10 Å². The Bertz CT molecular complexity index is 965. The molecule has 2 aromatic carbocycles. The fourth-order valence-corrected chi connectivity index (χ4v) is 2.23. The molecule has 27 heavy (non-hydrogen) atoms. The molecule has 3 aromatic rings. The van der Waals surface area contributed by atoms with Crippen molar-refractivity contribution >= 4 is 17.7 Å². The van der Waals surface area contributed by atoms with Gasteiger partial charge in [0.1, 0.15) is 0 Å². The van der Waals surface area contributed by atoms with Gasteiger partial charge in [-0.1, -0.05) is 18.2 Å². The van der Waals surface area contributed by atoms with Gasteiger partial charge in [0.25, 0.3) is 11.6 Å². The number of nitro benzene ring substituents is 1. The Morgan fingerprint density at radius 3 is 2.52 bits per heavy atom. The number of carbonyl (C=O) groups is 1. The molecule has 0 spiro atoms. The van der Waals surface area contributed by atoms with Crippen LogP contribution in [0.25, 0.3) is 17.5 Å². The van der Waals surface area contributed by atoms with Gasteiger partial charge in [0.05, 0.1) is 4.92 Å². The van der Waals surface area contributed by atoms with Crippen LogP contribution in [-0.4, -0.2) is 21.1 Å². The maximum atomic E-state index is 11.9. The molecule has 0 fully saturated rings. The number of carbonyl (C=O) groups excluding carboxylic acids is 1. The number of hydrogen-bond acceptors (Lipinski definition) is 7. The maximum absolute atomic E-state index is 11.9. The van der Waals surface area contributed by atoms with Crippen LogP contribution in [0.1, 0.15) is 24.5 Å². The quantitative estimate of drug-likeness (QED) is 0.281. The summed E-state index contributed by atoms with van der Waals surface area (Å²) in [4.78, 5) is 22.1. The molecule has 136 valence electrons. The van der Waals surface area contributed by atoms with Crippen LogP contribution in [-0.2, 0) is 9.53 Å². The molecular weight excluding hydrogens is 350 g/mol. The lowest BCUT2D eigenvalue weighted by atomic mass is 10.2. The molecule has 0 aliphatic heterocycles. The summed E-state index contributed by atoms with van der Waals surface area (Å²) < 4.78 is 10.8. The second-order valence-corrected chi connectivity index (χ2v) is 5.57. The molecule has 1 aromatic heterocycles. The molecule has 8 nitrogen and oxygen atoms in total. The zero-order valence-electron chi connectivity index (χ0n) is 14.3. The largest absolute Gasteiger partial charge is 0.449 e. The van der Waals surface area contributed by atoms with Crippen molar-refractivity contribution < 1.29 is 18.9 Å². The van der Waals surface area contributed by atoms with Crippen LogP contribution < -0.4 is 0 Å². The van der Waals surface area contributed by atoms with Gasteiger partial charge in [-0.3, -0.25) is 10.1 Å². The number of non-ortho nitro benzene ring substituents is 1. The number of ether oxygens (including phenoxy) is 1. The molecule has 3 rings (SSSR count). The highest BCUT2D eigenvalue weighted by Crippen LogP contribution is 2.22. The van der Waals surface area contributed by atoms with Crippen molar-refractivity contribution in [1.29, 1.82) is 0 Å². The van der Waals surface area contributed by atoms with Crippen molar-refractivity contribution in [3.05, 3.63) is 82.2 Å². The summed E-state index contributed by atoms with van der Waals surface area (Å²) in [5, 5.41) is 18.5. The molecule has 0 bridgehead atoms. The van der Waals surface area contributed by atoms with Crippen LogP contribution in [0.15, 0.2) is 65.1 Å². The van der Waals surface area contributed by atoms with E-state index >= 15 is 0 Å². The first-order valence-corrected chi connectivity index (χ1v) is 8.05. The number of benzene rings is 2. The standard InChI is InChI=1S/C19H15N3O5/c1-13(18-20-21-19(27-18)15-5-3-2-4-6-15)26-17(23)12-9-14-7-10-16(11-8-14)22(24)25/h2-13H,1H3/b12-9+/t13-/m1/s1. The maximum Gasteiger partial charge on any atom is 0.331 e. The zero-order valence-corrected chi connectivity index (χ0v) is 14.3. The Balaban J connectivity index is 1.60. The van der Waals surface area contributed by atoms with Crippen molar-refractivity contribution in [2.45, 2.75) is 13.0 Å². The molecule has 0 saturated heterocycles. The summed E-state index contributed by atoms with van der Waals surface area (Å²) in [7, 11) is 0. The van der Waals surface area contributed by atoms with Gasteiger partial charge < -0.3 is 9.15 Å². The summed E-state index contributed by atoms with van der Waals surface area (Å²) >= 11 is 0. The molecule has 0 amide bonds. The number of rotatable bonds is 6. The first-order chi connectivity index (χ1) is 13.0. The van der Waals surface area contributed by atoms with E-state index in [2.05, 4.69) is 10.2 Å². The summed E-state index contributed by atoms with van der Waals surface area (Å²) in [6.45, 7) is 1.62. The minimum Gasteiger partial charge on any atom is -0.449 e. The average molecular weight is 365 g/mol. The van der Waals surface area contributed by atoms with E-state index in [4.69, 9.17) is 9.15 Å². The van der Waals surface area contributed by atoms with Gasteiger partial charge in [0.2, 0.25) is 5.89 Å².